The minimum atomic E-state index is 0.129. The lowest BCUT2D eigenvalue weighted by Crippen LogP contribution is -2.50. The summed E-state index contributed by atoms with van der Waals surface area (Å²) >= 11 is 0. The largest absolute Gasteiger partial charge is 0.339 e. The predicted molar refractivity (Wildman–Crippen MR) is 70.9 cm³/mol. The van der Waals surface area contributed by atoms with E-state index in [4.69, 9.17) is 4.52 Å². The summed E-state index contributed by atoms with van der Waals surface area (Å²) in [5.74, 6) is 1.27. The molecule has 1 atom stereocenters. The monoisotopic (exact) mass is 266 g/mol. The molecule has 1 aromatic heterocycles. The third-order valence-corrected chi connectivity index (χ3v) is 3.65. The number of likely N-dealkylation sites (N-methyl/N-ethyl adjacent to an activating group) is 2. The van der Waals surface area contributed by atoms with Crippen LogP contribution < -0.4 is 0 Å². The van der Waals surface area contributed by atoms with E-state index in [1.165, 1.54) is 0 Å². The molecule has 0 aromatic carbocycles. The van der Waals surface area contributed by atoms with E-state index in [-0.39, 0.29) is 12.2 Å². The summed E-state index contributed by atoms with van der Waals surface area (Å²) in [5, 5.41) is 3.97. The summed E-state index contributed by atoms with van der Waals surface area (Å²) < 4.78 is 5.13. The van der Waals surface area contributed by atoms with Crippen molar-refractivity contribution >= 4 is 5.78 Å². The molecule has 0 aliphatic carbocycles. The van der Waals surface area contributed by atoms with Crippen LogP contribution in [0.1, 0.15) is 25.1 Å². The third kappa shape index (κ3) is 3.84. The van der Waals surface area contributed by atoms with Gasteiger partial charge in [-0.1, -0.05) is 12.1 Å². The zero-order valence-electron chi connectivity index (χ0n) is 11.9. The highest BCUT2D eigenvalue weighted by molar-refractivity contribution is 5.79. The Labute approximate surface area is 113 Å². The molecule has 6 nitrogen and oxygen atoms in total. The maximum Gasteiger partial charge on any atom is 0.234 e. The van der Waals surface area contributed by atoms with E-state index in [9.17, 15) is 4.79 Å². The molecule has 1 aliphatic heterocycles. The fourth-order valence-electron chi connectivity index (χ4n) is 2.27. The number of rotatable bonds is 5. The smallest absolute Gasteiger partial charge is 0.234 e. The van der Waals surface area contributed by atoms with E-state index < -0.39 is 0 Å². The molecule has 0 bridgehead atoms. The van der Waals surface area contributed by atoms with E-state index in [2.05, 4.69) is 34.0 Å². The topological polar surface area (TPSA) is 62.5 Å². The first kappa shape index (κ1) is 14.1. The number of Topliss-reactive ketones (excluding diaryl/α,β-unsaturated/α-hetero) is 1. The second kappa shape index (κ2) is 6.25. The van der Waals surface area contributed by atoms with Crippen LogP contribution in [0.25, 0.3) is 0 Å². The maximum absolute atomic E-state index is 11.3. The molecule has 106 valence electrons. The normalized spacial score (nSPS) is 21.7. The quantitative estimate of drug-likeness (QED) is 0.768. The minimum absolute atomic E-state index is 0.129. The summed E-state index contributed by atoms with van der Waals surface area (Å²) in [4.78, 5) is 20.3. The molecule has 19 heavy (non-hydrogen) atoms. The van der Waals surface area contributed by atoms with Crippen molar-refractivity contribution in [3.8, 4) is 0 Å². The fraction of sp³-hybridized carbons (Fsp3) is 0.769. The van der Waals surface area contributed by atoms with Crippen molar-refractivity contribution < 1.29 is 9.32 Å². The first-order chi connectivity index (χ1) is 9.08. The maximum atomic E-state index is 11.3. The van der Waals surface area contributed by atoms with Gasteiger partial charge in [-0.15, -0.1) is 0 Å². The summed E-state index contributed by atoms with van der Waals surface area (Å²) in [7, 11) is 4.25. The molecule has 0 spiro atoms. The van der Waals surface area contributed by atoms with Gasteiger partial charge >= 0.3 is 0 Å². The second-order valence-corrected chi connectivity index (χ2v) is 5.27. The number of hydrogen-bond donors (Lipinski definition) is 0. The Kier molecular flexibility index (Phi) is 4.66. The first-order valence-corrected chi connectivity index (χ1v) is 6.80. The van der Waals surface area contributed by atoms with Crippen molar-refractivity contribution in [1.82, 2.24) is 19.9 Å². The van der Waals surface area contributed by atoms with Crippen LogP contribution in [0, 0.1) is 0 Å². The number of aromatic nitrogens is 2. The molecule has 0 N–H and O–H groups in total. The van der Waals surface area contributed by atoms with E-state index in [0.29, 0.717) is 24.2 Å². The highest BCUT2D eigenvalue weighted by atomic mass is 16.5. The highest BCUT2D eigenvalue weighted by Gasteiger charge is 2.24. The minimum Gasteiger partial charge on any atom is -0.339 e. The molecule has 6 heteroatoms. The van der Waals surface area contributed by atoms with Gasteiger partial charge in [0.05, 0.1) is 6.42 Å². The van der Waals surface area contributed by atoms with Crippen LogP contribution in [0.4, 0.5) is 0 Å². The Morgan fingerprint density at radius 2 is 2.21 bits per heavy atom. The van der Waals surface area contributed by atoms with Crippen molar-refractivity contribution in [3.63, 3.8) is 0 Å². The molecule has 0 saturated carbocycles. The lowest BCUT2D eigenvalue weighted by Gasteiger charge is -2.37. The van der Waals surface area contributed by atoms with Crippen LogP contribution in [0.5, 0.6) is 0 Å². The Bertz CT molecular complexity index is 432. The van der Waals surface area contributed by atoms with Crippen LogP contribution in [-0.4, -0.2) is 65.5 Å². The summed E-state index contributed by atoms with van der Waals surface area (Å²) in [6.07, 6.45) is 1.53. The van der Waals surface area contributed by atoms with Crippen molar-refractivity contribution in [2.45, 2.75) is 32.2 Å². The second-order valence-electron chi connectivity index (χ2n) is 5.27. The molecule has 0 radical (unpaired) electrons. The number of carbonyl (C=O) groups is 1. The van der Waals surface area contributed by atoms with Crippen LogP contribution in [0.15, 0.2) is 4.52 Å². The number of piperazine rings is 1. The van der Waals surface area contributed by atoms with Gasteiger partial charge in [0.25, 0.3) is 0 Å². The molecule has 1 saturated heterocycles. The van der Waals surface area contributed by atoms with Crippen molar-refractivity contribution in [2.24, 2.45) is 0 Å². The average molecular weight is 266 g/mol. The van der Waals surface area contributed by atoms with Gasteiger partial charge in [-0.3, -0.25) is 4.79 Å². The molecule has 1 aromatic rings. The number of nitrogens with zero attached hydrogens (tertiary/aromatic N) is 4. The summed E-state index contributed by atoms with van der Waals surface area (Å²) in [5.41, 5.74) is 0. The van der Waals surface area contributed by atoms with Gasteiger partial charge in [0.1, 0.15) is 5.78 Å². The molecule has 0 amide bonds. The Hall–Kier alpha value is -1.27. The zero-order chi connectivity index (χ0) is 13.8. The van der Waals surface area contributed by atoms with E-state index in [1.807, 2.05) is 6.92 Å². The van der Waals surface area contributed by atoms with Gasteiger partial charge in [-0.2, -0.15) is 4.98 Å². The van der Waals surface area contributed by atoms with Crippen LogP contribution in [-0.2, 0) is 17.6 Å². The SMILES string of the molecule is CCC(=O)Cc1nc(CC2CN(C)CCN2C)no1. The number of carbonyl (C=O) groups excluding carboxylic acids is 1. The average Bonchev–Trinajstić information content (AvgIpc) is 2.81. The van der Waals surface area contributed by atoms with Gasteiger partial charge in [-0.25, -0.2) is 0 Å². The molecule has 2 heterocycles. The fourth-order valence-corrected chi connectivity index (χ4v) is 2.27. The zero-order valence-corrected chi connectivity index (χ0v) is 11.9. The molecule has 1 aliphatic rings. The van der Waals surface area contributed by atoms with Gasteiger partial charge < -0.3 is 14.3 Å². The lowest BCUT2D eigenvalue weighted by molar-refractivity contribution is -0.118. The molecular formula is C13H22N4O2. The van der Waals surface area contributed by atoms with Gasteiger partial charge in [-0.05, 0) is 14.1 Å². The van der Waals surface area contributed by atoms with Crippen molar-refractivity contribution in [1.29, 1.82) is 0 Å². The Balaban J connectivity index is 1.93. The van der Waals surface area contributed by atoms with E-state index >= 15 is 0 Å². The number of ketones is 1. The highest BCUT2D eigenvalue weighted by Crippen LogP contribution is 2.11. The van der Waals surface area contributed by atoms with Crippen LogP contribution >= 0.6 is 0 Å². The van der Waals surface area contributed by atoms with Gasteiger partial charge in [0.15, 0.2) is 5.82 Å². The Morgan fingerprint density at radius 3 is 2.95 bits per heavy atom. The molecule has 2 rings (SSSR count). The molecular weight excluding hydrogens is 244 g/mol. The number of hydrogen-bond acceptors (Lipinski definition) is 6. The van der Waals surface area contributed by atoms with Gasteiger partial charge in [0.2, 0.25) is 5.89 Å². The van der Waals surface area contributed by atoms with E-state index in [0.717, 1.165) is 26.1 Å². The third-order valence-electron chi connectivity index (χ3n) is 3.65. The standard InChI is InChI=1S/C13H22N4O2/c1-4-11(18)8-13-14-12(15-19-13)7-10-9-16(2)5-6-17(10)3/h10H,4-9H2,1-3H3. The van der Waals surface area contributed by atoms with Crippen molar-refractivity contribution in [3.05, 3.63) is 11.7 Å². The first-order valence-electron chi connectivity index (χ1n) is 6.80. The summed E-state index contributed by atoms with van der Waals surface area (Å²) in [6, 6.07) is 0.408. The van der Waals surface area contributed by atoms with Crippen LogP contribution in [0.2, 0.25) is 0 Å². The summed E-state index contributed by atoms with van der Waals surface area (Å²) in [6.45, 7) is 5.00. The lowest BCUT2D eigenvalue weighted by atomic mass is 10.1. The van der Waals surface area contributed by atoms with E-state index in [1.54, 1.807) is 0 Å². The van der Waals surface area contributed by atoms with Crippen molar-refractivity contribution in [2.75, 3.05) is 33.7 Å². The van der Waals surface area contributed by atoms with Gasteiger partial charge in [0, 0.05) is 38.5 Å². The predicted octanol–water partition coefficient (Wildman–Crippen LogP) is 0.380. The Morgan fingerprint density at radius 1 is 1.42 bits per heavy atom. The van der Waals surface area contributed by atoms with Crippen LogP contribution in [0.3, 0.4) is 0 Å². The molecule has 1 fully saturated rings. The molecule has 1 unspecified atom stereocenters.